The minimum Gasteiger partial charge on any atom is -0.491 e. The van der Waals surface area contributed by atoms with Crippen LogP contribution in [0.5, 0.6) is 5.75 Å². The van der Waals surface area contributed by atoms with Crippen LogP contribution in [0.25, 0.3) is 0 Å². The number of hydrogen-bond acceptors (Lipinski definition) is 3. The summed E-state index contributed by atoms with van der Waals surface area (Å²) in [7, 11) is 0. The van der Waals surface area contributed by atoms with Gasteiger partial charge in [0.15, 0.2) is 5.96 Å². The minimum absolute atomic E-state index is 0.0737. The highest BCUT2D eigenvalue weighted by atomic mass is 19.4. The van der Waals surface area contributed by atoms with Gasteiger partial charge in [0.2, 0.25) is 0 Å². The molecular formula is C16H22F3N3O2. The lowest BCUT2D eigenvalue weighted by Crippen LogP contribution is -2.38. The summed E-state index contributed by atoms with van der Waals surface area (Å²) in [6.07, 6.45) is -3.59. The molecule has 0 saturated carbocycles. The van der Waals surface area contributed by atoms with Crippen LogP contribution in [0.4, 0.5) is 13.2 Å². The lowest BCUT2D eigenvalue weighted by molar-refractivity contribution is -0.137. The van der Waals surface area contributed by atoms with Gasteiger partial charge in [-0.1, -0.05) is 6.08 Å². The SMILES string of the molecule is C=CCNC(=NCC(O)COc1ccc(C(F)(F)F)cc1)NCC. The van der Waals surface area contributed by atoms with Gasteiger partial charge in [0.25, 0.3) is 0 Å². The molecule has 0 heterocycles. The second-order valence-electron chi connectivity index (χ2n) is 4.88. The fraction of sp³-hybridized carbons (Fsp3) is 0.438. The van der Waals surface area contributed by atoms with E-state index >= 15 is 0 Å². The maximum absolute atomic E-state index is 12.4. The van der Waals surface area contributed by atoms with Crippen molar-refractivity contribution in [2.24, 2.45) is 4.99 Å². The van der Waals surface area contributed by atoms with E-state index in [0.29, 0.717) is 19.0 Å². The average molecular weight is 345 g/mol. The summed E-state index contributed by atoms with van der Waals surface area (Å²) in [5.41, 5.74) is -0.747. The average Bonchev–Trinajstić information content (AvgIpc) is 2.55. The highest BCUT2D eigenvalue weighted by molar-refractivity contribution is 5.79. The van der Waals surface area contributed by atoms with Crippen molar-refractivity contribution in [3.63, 3.8) is 0 Å². The number of rotatable bonds is 8. The molecule has 0 aromatic heterocycles. The third-order valence-corrected chi connectivity index (χ3v) is 2.84. The summed E-state index contributed by atoms with van der Waals surface area (Å²) in [6, 6.07) is 4.30. The number of hydrogen-bond donors (Lipinski definition) is 3. The molecule has 1 unspecified atom stereocenters. The predicted molar refractivity (Wildman–Crippen MR) is 87.1 cm³/mol. The van der Waals surface area contributed by atoms with Crippen LogP contribution >= 0.6 is 0 Å². The smallest absolute Gasteiger partial charge is 0.416 e. The summed E-state index contributed by atoms with van der Waals surface area (Å²) in [5, 5.41) is 15.8. The van der Waals surface area contributed by atoms with Gasteiger partial charge in [0.05, 0.1) is 12.1 Å². The van der Waals surface area contributed by atoms with Crippen molar-refractivity contribution in [2.75, 3.05) is 26.2 Å². The van der Waals surface area contributed by atoms with E-state index in [2.05, 4.69) is 22.2 Å². The Morgan fingerprint density at radius 1 is 1.33 bits per heavy atom. The van der Waals surface area contributed by atoms with Crippen LogP contribution in [0.15, 0.2) is 41.9 Å². The van der Waals surface area contributed by atoms with E-state index in [1.54, 1.807) is 6.08 Å². The molecule has 5 nitrogen and oxygen atoms in total. The second-order valence-corrected chi connectivity index (χ2v) is 4.88. The normalized spacial score (nSPS) is 13.3. The topological polar surface area (TPSA) is 65.9 Å². The molecule has 1 atom stereocenters. The molecule has 134 valence electrons. The van der Waals surface area contributed by atoms with Crippen LogP contribution in [0.2, 0.25) is 0 Å². The molecule has 1 rings (SSSR count). The zero-order valence-corrected chi connectivity index (χ0v) is 13.4. The molecule has 0 fully saturated rings. The number of guanidine groups is 1. The van der Waals surface area contributed by atoms with Gasteiger partial charge in [-0.25, -0.2) is 0 Å². The number of nitrogens with one attached hydrogen (secondary N) is 2. The largest absolute Gasteiger partial charge is 0.491 e. The van der Waals surface area contributed by atoms with Crippen molar-refractivity contribution in [2.45, 2.75) is 19.2 Å². The summed E-state index contributed by atoms with van der Waals surface area (Å²) in [6.45, 7) is 6.72. The number of halogens is 3. The molecule has 24 heavy (non-hydrogen) atoms. The second kappa shape index (κ2) is 9.82. The maximum Gasteiger partial charge on any atom is 0.416 e. The van der Waals surface area contributed by atoms with E-state index in [1.165, 1.54) is 12.1 Å². The molecule has 0 aliphatic rings. The van der Waals surface area contributed by atoms with Crippen LogP contribution < -0.4 is 15.4 Å². The Kier molecular flexibility index (Phi) is 8.11. The molecule has 0 radical (unpaired) electrons. The van der Waals surface area contributed by atoms with Gasteiger partial charge in [-0.3, -0.25) is 4.99 Å². The first kappa shape index (κ1) is 19.8. The number of alkyl halides is 3. The van der Waals surface area contributed by atoms with Crippen LogP contribution in [0.3, 0.4) is 0 Å². The van der Waals surface area contributed by atoms with E-state index in [0.717, 1.165) is 12.1 Å². The molecular weight excluding hydrogens is 323 g/mol. The molecule has 8 heteroatoms. The summed E-state index contributed by atoms with van der Waals surface area (Å²) in [4.78, 5) is 4.18. The third-order valence-electron chi connectivity index (χ3n) is 2.84. The first-order valence-electron chi connectivity index (χ1n) is 7.48. The summed E-state index contributed by atoms with van der Waals surface area (Å²) >= 11 is 0. The zero-order valence-electron chi connectivity index (χ0n) is 13.4. The lowest BCUT2D eigenvalue weighted by Gasteiger charge is -2.13. The van der Waals surface area contributed by atoms with E-state index < -0.39 is 17.8 Å². The third kappa shape index (κ3) is 7.36. The van der Waals surface area contributed by atoms with Gasteiger partial charge in [0, 0.05) is 13.1 Å². The fourth-order valence-corrected chi connectivity index (χ4v) is 1.69. The standard InChI is InChI=1S/C16H22F3N3O2/c1-3-9-21-15(20-4-2)22-10-13(23)11-24-14-7-5-12(6-8-14)16(17,18)19/h3,5-8,13,23H,1,4,9-11H2,2H3,(H2,20,21,22). The van der Waals surface area contributed by atoms with Gasteiger partial charge in [-0.05, 0) is 31.2 Å². The van der Waals surface area contributed by atoms with Gasteiger partial charge in [-0.15, -0.1) is 6.58 Å². The van der Waals surface area contributed by atoms with Gasteiger partial charge in [0.1, 0.15) is 18.5 Å². The van der Waals surface area contributed by atoms with E-state index in [-0.39, 0.29) is 18.9 Å². The fourth-order valence-electron chi connectivity index (χ4n) is 1.69. The number of aliphatic hydroxyl groups is 1. The molecule has 0 aliphatic heterocycles. The monoisotopic (exact) mass is 345 g/mol. The Balaban J connectivity index is 2.47. The molecule has 0 amide bonds. The number of benzene rings is 1. The van der Waals surface area contributed by atoms with Crippen molar-refractivity contribution < 1.29 is 23.0 Å². The summed E-state index contributed by atoms with van der Waals surface area (Å²) in [5.74, 6) is 0.786. The van der Waals surface area contributed by atoms with Crippen molar-refractivity contribution in [3.05, 3.63) is 42.5 Å². The van der Waals surface area contributed by atoms with E-state index in [9.17, 15) is 18.3 Å². The maximum atomic E-state index is 12.4. The van der Waals surface area contributed by atoms with Crippen LogP contribution in [-0.2, 0) is 6.18 Å². The Morgan fingerprint density at radius 3 is 2.54 bits per heavy atom. The number of nitrogens with zero attached hydrogens (tertiary/aromatic N) is 1. The quantitative estimate of drug-likeness (QED) is 0.384. The van der Waals surface area contributed by atoms with Gasteiger partial charge in [-0.2, -0.15) is 13.2 Å². The van der Waals surface area contributed by atoms with Crippen LogP contribution in [0.1, 0.15) is 12.5 Å². The summed E-state index contributed by atoms with van der Waals surface area (Å²) < 4.78 is 42.6. The van der Waals surface area contributed by atoms with Crippen LogP contribution in [0, 0.1) is 0 Å². The van der Waals surface area contributed by atoms with E-state index in [1.807, 2.05) is 6.92 Å². The molecule has 3 N–H and O–H groups in total. The van der Waals surface area contributed by atoms with Crippen molar-refractivity contribution in [3.8, 4) is 5.75 Å². The molecule has 1 aromatic rings. The molecule has 0 saturated heterocycles. The minimum atomic E-state index is -4.38. The molecule has 0 aliphatic carbocycles. The van der Waals surface area contributed by atoms with Gasteiger partial charge < -0.3 is 20.5 Å². The van der Waals surface area contributed by atoms with E-state index in [4.69, 9.17) is 4.74 Å². The highest BCUT2D eigenvalue weighted by Gasteiger charge is 2.30. The molecule has 0 spiro atoms. The molecule has 1 aromatic carbocycles. The predicted octanol–water partition coefficient (Wildman–Crippen LogP) is 2.19. The lowest BCUT2D eigenvalue weighted by atomic mass is 10.2. The van der Waals surface area contributed by atoms with Crippen LogP contribution in [-0.4, -0.2) is 43.4 Å². The van der Waals surface area contributed by atoms with Crippen molar-refractivity contribution in [1.82, 2.24) is 10.6 Å². The number of ether oxygens (including phenoxy) is 1. The Morgan fingerprint density at radius 2 is 2.00 bits per heavy atom. The Labute approximate surface area is 139 Å². The number of aliphatic hydroxyl groups excluding tert-OH is 1. The first-order chi connectivity index (χ1) is 11.4. The van der Waals surface area contributed by atoms with Crippen molar-refractivity contribution in [1.29, 1.82) is 0 Å². The Bertz CT molecular complexity index is 530. The first-order valence-corrected chi connectivity index (χ1v) is 7.48. The zero-order chi connectivity index (χ0) is 18.0. The van der Waals surface area contributed by atoms with Gasteiger partial charge >= 0.3 is 6.18 Å². The van der Waals surface area contributed by atoms with Crippen molar-refractivity contribution >= 4 is 5.96 Å². The number of aliphatic imine (C=N–C) groups is 1. The molecule has 0 bridgehead atoms. The Hall–Kier alpha value is -2.22. The highest BCUT2D eigenvalue weighted by Crippen LogP contribution is 2.30.